The van der Waals surface area contributed by atoms with Crippen LogP contribution < -0.4 is 0 Å². The summed E-state index contributed by atoms with van der Waals surface area (Å²) in [6.45, 7) is 5.04. The number of Topliss-reactive ketones (excluding diaryl/α,β-unsaturated/α-hetero) is 1. The van der Waals surface area contributed by atoms with Crippen molar-refractivity contribution in [3.05, 3.63) is 94.6 Å². The lowest BCUT2D eigenvalue weighted by molar-refractivity contribution is -0.148. The lowest BCUT2D eigenvalue weighted by Gasteiger charge is -2.31. The third kappa shape index (κ3) is 5.67. The van der Waals surface area contributed by atoms with Crippen LogP contribution in [0.1, 0.15) is 50.5 Å². The molecule has 0 unspecified atom stereocenters. The fourth-order valence-electron chi connectivity index (χ4n) is 4.52. The van der Waals surface area contributed by atoms with Crippen LogP contribution in [0.3, 0.4) is 0 Å². The minimum atomic E-state index is -0.412. The van der Waals surface area contributed by atoms with Crippen molar-refractivity contribution in [1.82, 2.24) is 9.47 Å². The van der Waals surface area contributed by atoms with E-state index in [9.17, 15) is 18.8 Å². The Kier molecular flexibility index (Phi) is 7.44. The van der Waals surface area contributed by atoms with Gasteiger partial charge in [-0.15, -0.1) is 0 Å². The molecule has 1 saturated heterocycles. The Balaban J connectivity index is 1.29. The molecule has 1 aliphatic heterocycles. The van der Waals surface area contributed by atoms with Crippen LogP contribution >= 0.6 is 0 Å². The second-order valence-electron chi connectivity index (χ2n) is 8.96. The number of esters is 1. The average Bonchev–Trinajstić information content (AvgIpc) is 3.16. The molecule has 1 aliphatic rings. The zero-order valence-electron chi connectivity index (χ0n) is 20.0. The molecule has 0 N–H and O–H groups in total. The highest BCUT2D eigenvalue weighted by molar-refractivity contribution is 5.99. The van der Waals surface area contributed by atoms with Crippen LogP contribution in [0, 0.1) is 25.6 Å². The first-order valence-electron chi connectivity index (χ1n) is 11.8. The zero-order valence-corrected chi connectivity index (χ0v) is 20.0. The molecule has 1 aromatic heterocycles. The van der Waals surface area contributed by atoms with Crippen LogP contribution in [0.25, 0.3) is 0 Å². The van der Waals surface area contributed by atoms with Gasteiger partial charge in [0.1, 0.15) is 5.82 Å². The van der Waals surface area contributed by atoms with E-state index in [0.717, 1.165) is 17.0 Å². The van der Waals surface area contributed by atoms with Gasteiger partial charge in [-0.2, -0.15) is 0 Å². The van der Waals surface area contributed by atoms with Gasteiger partial charge in [0.2, 0.25) is 5.78 Å². The molecule has 0 saturated carbocycles. The summed E-state index contributed by atoms with van der Waals surface area (Å²) in [6.07, 6.45) is 0.928. The smallest absolute Gasteiger partial charge is 0.309 e. The molecule has 0 radical (unpaired) electrons. The van der Waals surface area contributed by atoms with Gasteiger partial charge < -0.3 is 14.2 Å². The van der Waals surface area contributed by atoms with Crippen molar-refractivity contribution in [3.63, 3.8) is 0 Å². The van der Waals surface area contributed by atoms with Gasteiger partial charge in [-0.05, 0) is 62.6 Å². The van der Waals surface area contributed by atoms with Gasteiger partial charge in [0, 0.05) is 42.1 Å². The molecular weight excluding hydrogens is 447 g/mol. The van der Waals surface area contributed by atoms with E-state index < -0.39 is 11.8 Å². The van der Waals surface area contributed by atoms with Crippen molar-refractivity contribution in [3.8, 4) is 0 Å². The highest BCUT2D eigenvalue weighted by atomic mass is 19.1. The Morgan fingerprint density at radius 2 is 1.63 bits per heavy atom. The van der Waals surface area contributed by atoms with Crippen LogP contribution in [0.15, 0.2) is 60.7 Å². The van der Waals surface area contributed by atoms with Gasteiger partial charge in [0.15, 0.2) is 6.61 Å². The molecule has 0 atom stereocenters. The number of likely N-dealkylation sites (tertiary alicyclic amines) is 1. The normalized spacial score (nSPS) is 14.1. The minimum absolute atomic E-state index is 0.183. The Bertz CT molecular complexity index is 1210. The van der Waals surface area contributed by atoms with Crippen LogP contribution in [-0.2, 0) is 16.1 Å². The van der Waals surface area contributed by atoms with E-state index in [2.05, 4.69) is 4.57 Å². The Hall–Kier alpha value is -3.74. The lowest BCUT2D eigenvalue weighted by Crippen LogP contribution is -2.40. The quantitative estimate of drug-likeness (QED) is 0.370. The topological polar surface area (TPSA) is 68.6 Å². The summed E-state index contributed by atoms with van der Waals surface area (Å²) in [5.74, 6) is -1.57. The number of ketones is 1. The molecule has 0 spiro atoms. The molecule has 1 amide bonds. The molecule has 2 aromatic carbocycles. The molecule has 4 rings (SSSR count). The average molecular weight is 477 g/mol. The summed E-state index contributed by atoms with van der Waals surface area (Å²) in [6, 6.07) is 17.3. The predicted octanol–water partition coefficient (Wildman–Crippen LogP) is 4.57. The van der Waals surface area contributed by atoms with Crippen molar-refractivity contribution in [2.24, 2.45) is 5.92 Å². The number of amides is 1. The van der Waals surface area contributed by atoms with E-state index in [0.29, 0.717) is 43.6 Å². The first-order valence-corrected chi connectivity index (χ1v) is 11.8. The first-order chi connectivity index (χ1) is 16.8. The molecule has 6 nitrogen and oxygen atoms in total. The summed E-state index contributed by atoms with van der Waals surface area (Å²) < 4.78 is 20.6. The van der Waals surface area contributed by atoms with E-state index in [1.54, 1.807) is 4.90 Å². The number of nitrogens with zero attached hydrogens (tertiary/aromatic N) is 2. The van der Waals surface area contributed by atoms with Crippen LogP contribution in [0.2, 0.25) is 0 Å². The second kappa shape index (κ2) is 10.7. The predicted molar refractivity (Wildman–Crippen MR) is 130 cm³/mol. The summed E-state index contributed by atoms with van der Waals surface area (Å²) in [5.41, 5.74) is 3.94. The van der Waals surface area contributed by atoms with Gasteiger partial charge in [-0.25, -0.2) is 4.39 Å². The van der Waals surface area contributed by atoms with Crippen LogP contribution in [0.4, 0.5) is 4.39 Å². The number of aromatic nitrogens is 1. The number of halogens is 1. The standard InChI is InChI=1S/C28H29FN2O4/c1-19-16-25(20(2)31(19)17-21-6-4-3-5-7-21)26(32)18-35-28(34)23-12-14-30(15-13-23)27(33)22-8-10-24(29)11-9-22/h3-11,16,23H,12-15,17-18H2,1-2H3. The fourth-order valence-corrected chi connectivity index (χ4v) is 4.52. The van der Waals surface area contributed by atoms with E-state index in [4.69, 9.17) is 4.74 Å². The number of carbonyl (C=O) groups excluding carboxylic acids is 3. The van der Waals surface area contributed by atoms with Gasteiger partial charge in [-0.3, -0.25) is 14.4 Å². The number of ether oxygens (including phenoxy) is 1. The van der Waals surface area contributed by atoms with Gasteiger partial charge in [0.25, 0.3) is 5.91 Å². The number of piperidine rings is 1. The lowest BCUT2D eigenvalue weighted by atomic mass is 9.96. The summed E-state index contributed by atoms with van der Waals surface area (Å²) in [7, 11) is 0. The Morgan fingerprint density at radius 1 is 0.971 bits per heavy atom. The third-order valence-electron chi connectivity index (χ3n) is 6.61. The number of carbonyl (C=O) groups is 3. The van der Waals surface area contributed by atoms with E-state index in [1.807, 2.05) is 50.2 Å². The first kappa shape index (κ1) is 24.4. The molecule has 0 aliphatic carbocycles. The fraction of sp³-hybridized carbons (Fsp3) is 0.321. The van der Waals surface area contributed by atoms with Crippen molar-refractivity contribution < 1.29 is 23.5 Å². The third-order valence-corrected chi connectivity index (χ3v) is 6.61. The molecule has 182 valence electrons. The molecule has 0 bridgehead atoms. The molecular formula is C28H29FN2O4. The molecule has 7 heteroatoms. The minimum Gasteiger partial charge on any atom is -0.457 e. The molecule has 3 aromatic rings. The van der Waals surface area contributed by atoms with E-state index >= 15 is 0 Å². The van der Waals surface area contributed by atoms with Crippen molar-refractivity contribution >= 4 is 17.7 Å². The van der Waals surface area contributed by atoms with E-state index in [1.165, 1.54) is 24.3 Å². The highest BCUT2D eigenvalue weighted by Crippen LogP contribution is 2.22. The van der Waals surface area contributed by atoms with Crippen molar-refractivity contribution in [2.75, 3.05) is 19.7 Å². The van der Waals surface area contributed by atoms with Gasteiger partial charge in [0.05, 0.1) is 5.92 Å². The molecule has 2 heterocycles. The Morgan fingerprint density at radius 3 is 2.29 bits per heavy atom. The zero-order chi connectivity index (χ0) is 24.9. The highest BCUT2D eigenvalue weighted by Gasteiger charge is 2.29. The number of rotatable bonds is 7. The monoisotopic (exact) mass is 476 g/mol. The number of hydrogen-bond acceptors (Lipinski definition) is 4. The number of aryl methyl sites for hydroxylation is 1. The summed E-state index contributed by atoms with van der Waals surface area (Å²) in [5, 5.41) is 0. The molecule has 35 heavy (non-hydrogen) atoms. The number of hydrogen-bond donors (Lipinski definition) is 0. The SMILES string of the molecule is Cc1cc(C(=O)COC(=O)C2CCN(C(=O)c3ccc(F)cc3)CC2)c(C)n1Cc1ccccc1. The largest absolute Gasteiger partial charge is 0.457 e. The number of benzene rings is 2. The van der Waals surface area contributed by atoms with Crippen LogP contribution in [-0.4, -0.2) is 46.8 Å². The van der Waals surface area contributed by atoms with E-state index in [-0.39, 0.29) is 24.2 Å². The summed E-state index contributed by atoms with van der Waals surface area (Å²) >= 11 is 0. The summed E-state index contributed by atoms with van der Waals surface area (Å²) in [4.78, 5) is 39.6. The maximum Gasteiger partial charge on any atom is 0.309 e. The Labute approximate surface area is 204 Å². The van der Waals surface area contributed by atoms with Gasteiger partial charge in [-0.1, -0.05) is 30.3 Å². The van der Waals surface area contributed by atoms with Crippen LogP contribution in [0.5, 0.6) is 0 Å². The van der Waals surface area contributed by atoms with Gasteiger partial charge >= 0.3 is 5.97 Å². The van der Waals surface area contributed by atoms with Crippen molar-refractivity contribution in [1.29, 1.82) is 0 Å². The molecule has 1 fully saturated rings. The van der Waals surface area contributed by atoms with Crippen molar-refractivity contribution in [2.45, 2.75) is 33.2 Å². The second-order valence-corrected chi connectivity index (χ2v) is 8.96. The maximum atomic E-state index is 13.1. The maximum absolute atomic E-state index is 13.1.